The first kappa shape index (κ1) is 17.4. The largest absolute Gasteiger partial charge is 0.493 e. The van der Waals surface area contributed by atoms with Crippen molar-refractivity contribution in [3.05, 3.63) is 24.0 Å². The molecule has 1 heterocycles. The first-order valence-electron chi connectivity index (χ1n) is 7.55. The van der Waals surface area contributed by atoms with Gasteiger partial charge in [0.25, 0.3) is 5.89 Å². The van der Waals surface area contributed by atoms with Crippen molar-refractivity contribution >= 4 is 10.0 Å². The van der Waals surface area contributed by atoms with Gasteiger partial charge < -0.3 is 9.26 Å². The number of rotatable bonds is 8. The summed E-state index contributed by atoms with van der Waals surface area (Å²) in [5, 5.41) is 3.74. The van der Waals surface area contributed by atoms with Gasteiger partial charge in [-0.05, 0) is 38.5 Å². The molecule has 126 valence electrons. The van der Waals surface area contributed by atoms with E-state index in [9.17, 15) is 8.42 Å². The maximum absolute atomic E-state index is 12.3. The number of hydrogen-bond acceptors (Lipinski definition) is 6. The van der Waals surface area contributed by atoms with Crippen LogP contribution in [-0.2, 0) is 10.0 Å². The highest BCUT2D eigenvalue weighted by atomic mass is 32.2. The number of hydrogen-bond donors (Lipinski definition) is 1. The maximum atomic E-state index is 12.3. The summed E-state index contributed by atoms with van der Waals surface area (Å²) in [4.78, 5) is 4.29. The molecule has 2 aromatic rings. The number of nitrogens with one attached hydrogen (secondary N) is 1. The fraction of sp³-hybridized carbons (Fsp3) is 0.467. The molecule has 0 bridgehead atoms. The summed E-state index contributed by atoms with van der Waals surface area (Å²) in [6, 6.07) is 4.60. The second-order valence-corrected chi connectivity index (χ2v) is 6.76. The molecule has 0 amide bonds. The van der Waals surface area contributed by atoms with E-state index in [4.69, 9.17) is 9.26 Å². The highest BCUT2D eigenvalue weighted by Gasteiger charge is 2.19. The second-order valence-electron chi connectivity index (χ2n) is 4.99. The zero-order chi connectivity index (χ0) is 16.9. The Kier molecular flexibility index (Phi) is 5.73. The highest BCUT2D eigenvalue weighted by molar-refractivity contribution is 7.89. The van der Waals surface area contributed by atoms with E-state index in [0.29, 0.717) is 30.3 Å². The molecule has 0 saturated heterocycles. The van der Waals surface area contributed by atoms with E-state index in [1.54, 1.807) is 13.0 Å². The fourth-order valence-electron chi connectivity index (χ4n) is 2.00. The van der Waals surface area contributed by atoms with E-state index >= 15 is 0 Å². The second kappa shape index (κ2) is 7.56. The quantitative estimate of drug-likeness (QED) is 0.743. The third kappa shape index (κ3) is 4.29. The number of nitrogens with zero attached hydrogens (tertiary/aromatic N) is 2. The van der Waals surface area contributed by atoms with Gasteiger partial charge in [-0.25, -0.2) is 13.1 Å². The van der Waals surface area contributed by atoms with Crippen molar-refractivity contribution in [2.75, 3.05) is 13.2 Å². The molecule has 7 nitrogen and oxygen atoms in total. The lowest BCUT2D eigenvalue weighted by molar-refractivity contribution is 0.339. The zero-order valence-corrected chi connectivity index (χ0v) is 14.3. The van der Waals surface area contributed by atoms with Crippen molar-refractivity contribution in [1.29, 1.82) is 0 Å². The molecule has 0 aliphatic heterocycles. The molecule has 0 unspecified atom stereocenters. The number of benzene rings is 1. The number of aromatic nitrogens is 2. The van der Waals surface area contributed by atoms with E-state index in [0.717, 1.165) is 12.8 Å². The smallest absolute Gasteiger partial charge is 0.261 e. The minimum absolute atomic E-state index is 0.142. The summed E-state index contributed by atoms with van der Waals surface area (Å²) >= 11 is 0. The summed E-state index contributed by atoms with van der Waals surface area (Å²) in [7, 11) is -3.58. The highest BCUT2D eigenvalue weighted by Crippen LogP contribution is 2.31. The van der Waals surface area contributed by atoms with Crippen molar-refractivity contribution in [2.45, 2.75) is 38.5 Å². The Morgan fingerprint density at radius 1 is 1.30 bits per heavy atom. The first-order chi connectivity index (χ1) is 11.0. The third-order valence-electron chi connectivity index (χ3n) is 3.14. The molecule has 0 spiro atoms. The van der Waals surface area contributed by atoms with Crippen molar-refractivity contribution in [3.8, 4) is 17.2 Å². The number of sulfonamides is 1. The maximum Gasteiger partial charge on any atom is 0.261 e. The number of aryl methyl sites for hydroxylation is 1. The van der Waals surface area contributed by atoms with Crippen LogP contribution in [0, 0.1) is 6.92 Å². The number of ether oxygens (including phenoxy) is 1. The Morgan fingerprint density at radius 2 is 2.09 bits per heavy atom. The molecular formula is C15H21N3O4S. The molecule has 0 fully saturated rings. The molecule has 0 aliphatic carbocycles. The number of unbranched alkanes of at least 4 members (excludes halogenated alkanes) is 1. The molecule has 23 heavy (non-hydrogen) atoms. The van der Waals surface area contributed by atoms with Crippen molar-refractivity contribution in [1.82, 2.24) is 14.9 Å². The van der Waals surface area contributed by atoms with Gasteiger partial charge in [0.05, 0.1) is 17.1 Å². The van der Waals surface area contributed by atoms with Gasteiger partial charge in [0.1, 0.15) is 5.75 Å². The normalized spacial score (nSPS) is 11.6. The van der Waals surface area contributed by atoms with E-state index in [-0.39, 0.29) is 10.8 Å². The van der Waals surface area contributed by atoms with Crippen LogP contribution in [0.15, 0.2) is 27.6 Å². The SMILES string of the molecule is CCCCNS(=O)(=O)c1ccc(OCC)c(-c2nc(C)no2)c1. The fourth-order valence-corrected chi connectivity index (χ4v) is 3.10. The Bertz CT molecular complexity index is 756. The van der Waals surface area contributed by atoms with E-state index in [2.05, 4.69) is 14.9 Å². The van der Waals surface area contributed by atoms with Crippen molar-refractivity contribution in [3.63, 3.8) is 0 Å². The Morgan fingerprint density at radius 3 is 2.70 bits per heavy atom. The van der Waals surface area contributed by atoms with Crippen LogP contribution in [0.25, 0.3) is 11.5 Å². The molecule has 0 saturated carbocycles. The molecule has 0 atom stereocenters. The molecule has 1 aromatic carbocycles. The predicted octanol–water partition coefficient (Wildman–Crippen LogP) is 2.52. The van der Waals surface area contributed by atoms with Gasteiger partial charge in [0.15, 0.2) is 5.82 Å². The lowest BCUT2D eigenvalue weighted by Crippen LogP contribution is -2.24. The average Bonchev–Trinajstić information content (AvgIpc) is 2.94. The van der Waals surface area contributed by atoms with Crippen LogP contribution in [0.4, 0.5) is 0 Å². The Balaban J connectivity index is 2.40. The Hall–Kier alpha value is -1.93. The molecule has 1 aromatic heterocycles. The topological polar surface area (TPSA) is 94.3 Å². The average molecular weight is 339 g/mol. The van der Waals surface area contributed by atoms with Crippen LogP contribution in [0.2, 0.25) is 0 Å². The summed E-state index contributed by atoms with van der Waals surface area (Å²) in [5.74, 6) is 1.21. The van der Waals surface area contributed by atoms with Gasteiger partial charge >= 0.3 is 0 Å². The molecule has 2 rings (SSSR count). The minimum atomic E-state index is -3.58. The third-order valence-corrected chi connectivity index (χ3v) is 4.60. The van der Waals surface area contributed by atoms with Crippen molar-refractivity contribution in [2.24, 2.45) is 0 Å². The van der Waals surface area contributed by atoms with E-state index in [1.165, 1.54) is 12.1 Å². The molecule has 0 radical (unpaired) electrons. The van der Waals surface area contributed by atoms with Crippen LogP contribution < -0.4 is 9.46 Å². The molecule has 1 N–H and O–H groups in total. The molecule has 0 aliphatic rings. The van der Waals surface area contributed by atoms with Gasteiger partial charge in [-0.15, -0.1) is 0 Å². The van der Waals surface area contributed by atoms with E-state index < -0.39 is 10.0 Å². The van der Waals surface area contributed by atoms with Crippen molar-refractivity contribution < 1.29 is 17.7 Å². The lowest BCUT2D eigenvalue weighted by Gasteiger charge is -2.11. The van der Waals surface area contributed by atoms with Crippen LogP contribution in [0.3, 0.4) is 0 Å². The van der Waals surface area contributed by atoms with Gasteiger partial charge in [-0.1, -0.05) is 18.5 Å². The van der Waals surface area contributed by atoms with Crippen LogP contribution in [-0.4, -0.2) is 31.7 Å². The van der Waals surface area contributed by atoms with Gasteiger partial charge in [-0.2, -0.15) is 4.98 Å². The van der Waals surface area contributed by atoms with Crippen LogP contribution >= 0.6 is 0 Å². The zero-order valence-electron chi connectivity index (χ0n) is 13.5. The van der Waals surface area contributed by atoms with Gasteiger partial charge in [-0.3, -0.25) is 0 Å². The minimum Gasteiger partial charge on any atom is -0.493 e. The Labute approximate surface area is 136 Å². The molecule has 8 heteroatoms. The summed E-state index contributed by atoms with van der Waals surface area (Å²) < 4.78 is 37.9. The van der Waals surface area contributed by atoms with Gasteiger partial charge in [0.2, 0.25) is 10.0 Å². The molecular weight excluding hydrogens is 318 g/mol. The van der Waals surface area contributed by atoms with E-state index in [1.807, 2.05) is 13.8 Å². The summed E-state index contributed by atoms with van der Waals surface area (Å²) in [6.45, 7) is 6.39. The summed E-state index contributed by atoms with van der Waals surface area (Å²) in [6.07, 6.45) is 1.70. The monoisotopic (exact) mass is 339 g/mol. The van der Waals surface area contributed by atoms with Crippen LogP contribution in [0.1, 0.15) is 32.5 Å². The first-order valence-corrected chi connectivity index (χ1v) is 9.03. The van der Waals surface area contributed by atoms with Gasteiger partial charge in [0, 0.05) is 6.54 Å². The predicted molar refractivity (Wildman–Crippen MR) is 85.7 cm³/mol. The standard InChI is InChI=1S/C15H21N3O4S/c1-4-6-9-16-23(19,20)12-7-8-14(21-5-2)13(10-12)15-17-11(3)18-22-15/h7-8,10,16H,4-6,9H2,1-3H3. The summed E-state index contributed by atoms with van der Waals surface area (Å²) in [5.41, 5.74) is 0.464. The van der Waals surface area contributed by atoms with Crippen LogP contribution in [0.5, 0.6) is 5.75 Å². The lowest BCUT2D eigenvalue weighted by atomic mass is 10.2.